The maximum absolute atomic E-state index is 6.33. The van der Waals surface area contributed by atoms with E-state index >= 15 is 0 Å². The molecule has 1 atom stereocenters. The van der Waals surface area contributed by atoms with Gasteiger partial charge in [-0.2, -0.15) is 5.10 Å². The Bertz CT molecular complexity index is 743. The van der Waals surface area contributed by atoms with Gasteiger partial charge in [-0.15, -0.1) is 0 Å². The monoisotopic (exact) mass is 280 g/mol. The van der Waals surface area contributed by atoms with Gasteiger partial charge in [-0.1, -0.05) is 24.3 Å². The highest BCUT2D eigenvalue weighted by Gasteiger charge is 2.14. The third kappa shape index (κ3) is 2.67. The van der Waals surface area contributed by atoms with E-state index in [1.807, 2.05) is 42.1 Å². The van der Waals surface area contributed by atoms with Crippen LogP contribution in [0.3, 0.4) is 0 Å². The van der Waals surface area contributed by atoms with E-state index in [2.05, 4.69) is 24.0 Å². The van der Waals surface area contributed by atoms with E-state index in [0.29, 0.717) is 0 Å². The lowest BCUT2D eigenvalue weighted by atomic mass is 10.0. The maximum Gasteiger partial charge on any atom is 0.0722 e. The molecule has 4 heteroatoms. The maximum atomic E-state index is 6.33. The molecule has 0 aliphatic heterocycles. The third-order valence-corrected chi connectivity index (χ3v) is 3.81. The largest absolute Gasteiger partial charge is 0.324 e. The van der Waals surface area contributed by atoms with Crippen molar-refractivity contribution >= 4 is 10.9 Å². The molecule has 3 rings (SSSR count). The van der Waals surface area contributed by atoms with Gasteiger partial charge < -0.3 is 5.73 Å². The molecule has 2 aromatic heterocycles. The van der Waals surface area contributed by atoms with Gasteiger partial charge in [-0.25, -0.2) is 0 Å². The summed E-state index contributed by atoms with van der Waals surface area (Å²) in [7, 11) is 0. The minimum Gasteiger partial charge on any atom is -0.324 e. The summed E-state index contributed by atoms with van der Waals surface area (Å²) < 4.78 is 2.03. The summed E-state index contributed by atoms with van der Waals surface area (Å²) in [5, 5.41) is 5.90. The van der Waals surface area contributed by atoms with Gasteiger partial charge in [0, 0.05) is 36.3 Å². The summed E-state index contributed by atoms with van der Waals surface area (Å²) in [6.45, 7) is 4.95. The summed E-state index contributed by atoms with van der Waals surface area (Å²) in [6.07, 6.45) is 2.58. The van der Waals surface area contributed by atoms with E-state index in [-0.39, 0.29) is 6.04 Å². The molecule has 0 spiro atoms. The quantitative estimate of drug-likeness (QED) is 0.799. The van der Waals surface area contributed by atoms with Crippen LogP contribution < -0.4 is 5.73 Å². The number of hydrogen-bond donors (Lipinski definition) is 1. The van der Waals surface area contributed by atoms with Crippen molar-refractivity contribution in [1.29, 1.82) is 0 Å². The molecule has 0 saturated carbocycles. The number of nitrogens with zero attached hydrogens (tertiary/aromatic N) is 3. The van der Waals surface area contributed by atoms with Crippen molar-refractivity contribution in [2.75, 3.05) is 0 Å². The van der Waals surface area contributed by atoms with Crippen LogP contribution in [0.4, 0.5) is 0 Å². The van der Waals surface area contributed by atoms with Crippen molar-refractivity contribution in [3.05, 3.63) is 59.5 Å². The second kappa shape index (κ2) is 5.66. The molecule has 0 aliphatic carbocycles. The fraction of sp³-hybridized carbons (Fsp3) is 0.294. The first kappa shape index (κ1) is 13.8. The van der Waals surface area contributed by atoms with Crippen molar-refractivity contribution in [2.24, 2.45) is 5.73 Å². The number of nitrogens with two attached hydrogens (primary N) is 1. The number of hydrogen-bond acceptors (Lipinski definition) is 3. The summed E-state index contributed by atoms with van der Waals surface area (Å²) >= 11 is 0. The second-order valence-electron chi connectivity index (χ2n) is 5.32. The molecule has 0 radical (unpaired) electrons. The zero-order valence-corrected chi connectivity index (χ0v) is 12.5. The second-order valence-corrected chi connectivity index (χ2v) is 5.32. The molecule has 1 aromatic carbocycles. The molecular weight excluding hydrogens is 260 g/mol. The molecule has 0 aliphatic rings. The van der Waals surface area contributed by atoms with Crippen molar-refractivity contribution < 1.29 is 0 Å². The smallest absolute Gasteiger partial charge is 0.0722 e. The molecule has 0 fully saturated rings. The minimum atomic E-state index is -0.0817. The van der Waals surface area contributed by atoms with E-state index in [1.165, 1.54) is 10.9 Å². The number of pyridine rings is 1. The molecule has 0 saturated heterocycles. The average Bonchev–Trinajstić information content (AvgIpc) is 2.86. The Morgan fingerprint density at radius 2 is 2.00 bits per heavy atom. The van der Waals surface area contributed by atoms with E-state index < -0.39 is 0 Å². The van der Waals surface area contributed by atoms with Gasteiger partial charge in [0.1, 0.15) is 0 Å². The van der Waals surface area contributed by atoms with Crippen molar-refractivity contribution in [3.8, 4) is 0 Å². The Labute approximate surface area is 124 Å². The normalized spacial score (nSPS) is 12.7. The van der Waals surface area contributed by atoms with Crippen LogP contribution in [0.25, 0.3) is 10.9 Å². The number of rotatable bonds is 4. The summed E-state index contributed by atoms with van der Waals surface area (Å²) in [6, 6.07) is 12.3. The summed E-state index contributed by atoms with van der Waals surface area (Å²) in [5.41, 5.74) is 10.6. The SMILES string of the molecule is CCn1nc(CC(N)c2ccc(C)nc2)c2ccccc21. The average molecular weight is 280 g/mol. The van der Waals surface area contributed by atoms with Gasteiger partial charge in [0.25, 0.3) is 0 Å². The zero-order valence-electron chi connectivity index (χ0n) is 12.5. The van der Waals surface area contributed by atoms with Crippen molar-refractivity contribution in [3.63, 3.8) is 0 Å². The first-order chi connectivity index (χ1) is 10.2. The molecule has 2 N–H and O–H groups in total. The molecular formula is C17H20N4. The zero-order chi connectivity index (χ0) is 14.8. The van der Waals surface area contributed by atoms with Crippen LogP contribution in [0.15, 0.2) is 42.6 Å². The molecule has 4 nitrogen and oxygen atoms in total. The number of aryl methyl sites for hydroxylation is 2. The topological polar surface area (TPSA) is 56.7 Å². The van der Waals surface area contributed by atoms with Gasteiger partial charge in [-0.3, -0.25) is 9.67 Å². The molecule has 3 aromatic rings. The fourth-order valence-electron chi connectivity index (χ4n) is 2.61. The number of aromatic nitrogens is 3. The Hall–Kier alpha value is -2.20. The predicted molar refractivity (Wildman–Crippen MR) is 85.0 cm³/mol. The van der Waals surface area contributed by atoms with Gasteiger partial charge in [0.05, 0.1) is 11.2 Å². The lowest BCUT2D eigenvalue weighted by Crippen LogP contribution is -2.14. The van der Waals surface area contributed by atoms with E-state index in [1.54, 1.807) is 0 Å². The highest BCUT2D eigenvalue weighted by atomic mass is 15.3. The molecule has 108 valence electrons. The predicted octanol–water partition coefficient (Wildman–Crippen LogP) is 3.00. The highest BCUT2D eigenvalue weighted by molar-refractivity contribution is 5.82. The summed E-state index contributed by atoms with van der Waals surface area (Å²) in [4.78, 5) is 4.32. The van der Waals surface area contributed by atoms with Crippen molar-refractivity contribution in [2.45, 2.75) is 32.9 Å². The third-order valence-electron chi connectivity index (χ3n) is 3.81. The van der Waals surface area contributed by atoms with E-state index in [4.69, 9.17) is 10.8 Å². The summed E-state index contributed by atoms with van der Waals surface area (Å²) in [5.74, 6) is 0. The Morgan fingerprint density at radius 3 is 2.71 bits per heavy atom. The van der Waals surface area contributed by atoms with Crippen LogP contribution in [0, 0.1) is 6.92 Å². The van der Waals surface area contributed by atoms with Crippen LogP contribution in [0.1, 0.15) is 29.9 Å². The van der Waals surface area contributed by atoms with Crippen LogP contribution >= 0.6 is 0 Å². The standard InChI is InChI=1S/C17H20N4/c1-3-21-17-7-5-4-6-14(17)16(20-21)10-15(18)13-9-8-12(2)19-11-13/h4-9,11,15H,3,10,18H2,1-2H3. The van der Waals surface area contributed by atoms with Crippen LogP contribution in [-0.4, -0.2) is 14.8 Å². The molecule has 2 heterocycles. The Morgan fingerprint density at radius 1 is 1.19 bits per heavy atom. The molecule has 0 bridgehead atoms. The number of benzene rings is 1. The highest BCUT2D eigenvalue weighted by Crippen LogP contribution is 2.23. The molecule has 0 amide bonds. The fourth-order valence-corrected chi connectivity index (χ4v) is 2.61. The van der Waals surface area contributed by atoms with Gasteiger partial charge in [-0.05, 0) is 31.5 Å². The van der Waals surface area contributed by atoms with E-state index in [9.17, 15) is 0 Å². The Kier molecular flexibility index (Phi) is 3.71. The first-order valence-electron chi connectivity index (χ1n) is 7.31. The van der Waals surface area contributed by atoms with Crippen molar-refractivity contribution in [1.82, 2.24) is 14.8 Å². The van der Waals surface area contributed by atoms with Crippen LogP contribution in [0.5, 0.6) is 0 Å². The van der Waals surface area contributed by atoms with Gasteiger partial charge in [0.2, 0.25) is 0 Å². The van der Waals surface area contributed by atoms with Crippen LogP contribution in [-0.2, 0) is 13.0 Å². The molecule has 1 unspecified atom stereocenters. The van der Waals surface area contributed by atoms with Gasteiger partial charge >= 0.3 is 0 Å². The van der Waals surface area contributed by atoms with Gasteiger partial charge in [0.15, 0.2) is 0 Å². The first-order valence-corrected chi connectivity index (χ1v) is 7.31. The lowest BCUT2D eigenvalue weighted by molar-refractivity contribution is 0.640. The van der Waals surface area contributed by atoms with Crippen LogP contribution in [0.2, 0.25) is 0 Å². The lowest BCUT2D eigenvalue weighted by Gasteiger charge is -2.10. The Balaban J connectivity index is 1.92. The number of fused-ring (bicyclic) bond motifs is 1. The minimum absolute atomic E-state index is 0.0817. The number of para-hydroxylation sites is 1. The van der Waals surface area contributed by atoms with E-state index in [0.717, 1.165) is 29.9 Å². The molecule has 21 heavy (non-hydrogen) atoms.